The number of hydrogen-bond donors (Lipinski definition) is 2. The third kappa shape index (κ3) is 4.39. The first-order valence-corrected chi connectivity index (χ1v) is 11.1. The van der Waals surface area contributed by atoms with Crippen molar-refractivity contribution >= 4 is 39.1 Å². The van der Waals surface area contributed by atoms with Gasteiger partial charge in [0.15, 0.2) is 0 Å². The maximum absolute atomic E-state index is 12.9. The number of nitrogens with two attached hydrogens (primary N) is 1. The second kappa shape index (κ2) is 8.54. The molecule has 3 N–H and O–H groups in total. The molecule has 0 aliphatic carbocycles. The number of amides is 1. The number of ether oxygens (including phenoxy) is 1. The molecule has 154 valence electrons. The normalized spacial score (nSPS) is 23.8. The van der Waals surface area contributed by atoms with Crippen molar-refractivity contribution in [1.82, 2.24) is 10.2 Å². The first kappa shape index (κ1) is 20.5. The Morgan fingerprint density at radius 3 is 2.66 bits per heavy atom. The molecule has 2 aliphatic rings. The van der Waals surface area contributed by atoms with Crippen LogP contribution in [0, 0.1) is 0 Å². The van der Waals surface area contributed by atoms with E-state index in [9.17, 15) is 4.79 Å². The van der Waals surface area contributed by atoms with E-state index in [1.165, 1.54) is 18.4 Å². The third-order valence-electron chi connectivity index (χ3n) is 6.04. The molecule has 2 fully saturated rings. The molecule has 2 saturated heterocycles. The number of nitrogen functional groups attached to an aromatic ring is 1. The number of carbonyl (C=O) groups is 1. The van der Waals surface area contributed by atoms with Crippen LogP contribution in [0.25, 0.3) is 0 Å². The lowest BCUT2D eigenvalue weighted by atomic mass is 9.96. The Balaban J connectivity index is 1.43. The van der Waals surface area contributed by atoms with Crippen LogP contribution in [-0.4, -0.2) is 36.0 Å². The van der Waals surface area contributed by atoms with Gasteiger partial charge < -0.3 is 15.8 Å². The summed E-state index contributed by atoms with van der Waals surface area (Å²) in [7, 11) is 1.55. The minimum atomic E-state index is -0.116. The SMILES string of the molecule is COc1cc(N)c(Br)cc1C(=O)NC1CC2CCC(C1)N2Cc1cccc(Cl)c1. The molecule has 1 amide bonds. The number of nitrogens with one attached hydrogen (secondary N) is 1. The molecule has 2 aromatic rings. The lowest BCUT2D eigenvalue weighted by Crippen LogP contribution is -2.50. The molecule has 2 atom stereocenters. The minimum Gasteiger partial charge on any atom is -0.496 e. The number of benzene rings is 2. The quantitative estimate of drug-likeness (QED) is 0.616. The van der Waals surface area contributed by atoms with E-state index in [1.807, 2.05) is 18.2 Å². The van der Waals surface area contributed by atoms with Gasteiger partial charge in [-0.05, 0) is 65.4 Å². The van der Waals surface area contributed by atoms with Gasteiger partial charge in [-0.25, -0.2) is 0 Å². The largest absolute Gasteiger partial charge is 0.496 e. The first-order valence-electron chi connectivity index (χ1n) is 9.88. The van der Waals surface area contributed by atoms with Crippen molar-refractivity contribution in [2.45, 2.75) is 50.4 Å². The van der Waals surface area contributed by atoms with E-state index in [0.29, 0.717) is 33.6 Å². The van der Waals surface area contributed by atoms with E-state index in [4.69, 9.17) is 22.1 Å². The maximum Gasteiger partial charge on any atom is 0.255 e. The van der Waals surface area contributed by atoms with Crippen molar-refractivity contribution < 1.29 is 9.53 Å². The number of nitrogens with zero attached hydrogens (tertiary/aromatic N) is 1. The maximum atomic E-state index is 12.9. The molecule has 0 aromatic heterocycles. The fraction of sp³-hybridized carbons (Fsp3) is 0.409. The number of piperidine rings is 1. The van der Waals surface area contributed by atoms with Crippen LogP contribution < -0.4 is 15.8 Å². The van der Waals surface area contributed by atoms with Gasteiger partial charge in [-0.2, -0.15) is 0 Å². The molecule has 4 rings (SSSR count). The average Bonchev–Trinajstić information content (AvgIpc) is 2.92. The monoisotopic (exact) mass is 477 g/mol. The summed E-state index contributed by atoms with van der Waals surface area (Å²) in [5.74, 6) is 0.375. The molecule has 0 saturated carbocycles. The minimum absolute atomic E-state index is 0.116. The summed E-state index contributed by atoms with van der Waals surface area (Å²) >= 11 is 9.55. The van der Waals surface area contributed by atoms with Crippen LogP contribution in [0.5, 0.6) is 5.75 Å². The predicted molar refractivity (Wildman–Crippen MR) is 119 cm³/mol. The van der Waals surface area contributed by atoms with Gasteiger partial charge in [-0.15, -0.1) is 0 Å². The van der Waals surface area contributed by atoms with Crippen LogP contribution in [0.2, 0.25) is 5.02 Å². The summed E-state index contributed by atoms with van der Waals surface area (Å²) in [6.07, 6.45) is 4.27. The van der Waals surface area contributed by atoms with Gasteiger partial charge in [0.05, 0.1) is 12.7 Å². The van der Waals surface area contributed by atoms with Gasteiger partial charge >= 0.3 is 0 Å². The number of carbonyl (C=O) groups excluding carboxylic acids is 1. The van der Waals surface area contributed by atoms with E-state index >= 15 is 0 Å². The topological polar surface area (TPSA) is 67.6 Å². The zero-order chi connectivity index (χ0) is 20.5. The summed E-state index contributed by atoms with van der Waals surface area (Å²) in [5.41, 5.74) is 8.20. The lowest BCUT2D eigenvalue weighted by molar-refractivity contribution is 0.0825. The van der Waals surface area contributed by atoms with Gasteiger partial charge in [0, 0.05) is 45.9 Å². The van der Waals surface area contributed by atoms with Gasteiger partial charge in [-0.1, -0.05) is 23.7 Å². The van der Waals surface area contributed by atoms with Gasteiger partial charge in [-0.3, -0.25) is 9.69 Å². The Bertz CT molecular complexity index is 909. The van der Waals surface area contributed by atoms with Crippen LogP contribution in [0.4, 0.5) is 5.69 Å². The standard InChI is InChI=1S/C22H25BrClN3O2/c1-29-21-11-20(25)19(23)10-18(21)22(28)26-15-8-16-5-6-17(9-15)27(16)12-13-3-2-4-14(24)7-13/h2-4,7,10-11,15-17H,5-6,8-9,12,25H2,1H3,(H,26,28). The highest BCUT2D eigenvalue weighted by Gasteiger charge is 2.41. The van der Waals surface area contributed by atoms with Gasteiger partial charge in [0.2, 0.25) is 0 Å². The molecule has 2 unspecified atom stereocenters. The first-order chi connectivity index (χ1) is 13.9. The Labute approximate surface area is 184 Å². The number of halogens is 2. The smallest absolute Gasteiger partial charge is 0.255 e. The van der Waals surface area contributed by atoms with Crippen molar-refractivity contribution in [1.29, 1.82) is 0 Å². The molecule has 0 spiro atoms. The molecule has 2 aromatic carbocycles. The molecule has 5 nitrogen and oxygen atoms in total. The van der Waals surface area contributed by atoms with Crippen LogP contribution in [0.1, 0.15) is 41.6 Å². The predicted octanol–water partition coefficient (Wildman–Crippen LogP) is 4.62. The molecular formula is C22H25BrClN3O2. The van der Waals surface area contributed by atoms with Gasteiger partial charge in [0.25, 0.3) is 5.91 Å². The molecular weight excluding hydrogens is 454 g/mol. The number of anilines is 1. The van der Waals surface area contributed by atoms with E-state index in [0.717, 1.165) is 24.4 Å². The number of fused-ring (bicyclic) bond motifs is 2. The number of methoxy groups -OCH3 is 1. The van der Waals surface area contributed by atoms with Crippen molar-refractivity contribution in [3.8, 4) is 5.75 Å². The van der Waals surface area contributed by atoms with E-state index in [1.54, 1.807) is 19.2 Å². The zero-order valence-corrected chi connectivity index (χ0v) is 18.7. The van der Waals surface area contributed by atoms with Gasteiger partial charge in [0.1, 0.15) is 5.75 Å². The summed E-state index contributed by atoms with van der Waals surface area (Å²) in [6, 6.07) is 12.6. The van der Waals surface area contributed by atoms with Crippen molar-refractivity contribution in [3.63, 3.8) is 0 Å². The Kier molecular flexibility index (Phi) is 6.04. The molecule has 0 radical (unpaired) electrons. The van der Waals surface area contributed by atoms with E-state index < -0.39 is 0 Å². The zero-order valence-electron chi connectivity index (χ0n) is 16.3. The Morgan fingerprint density at radius 2 is 2.00 bits per heavy atom. The highest BCUT2D eigenvalue weighted by molar-refractivity contribution is 9.10. The van der Waals surface area contributed by atoms with E-state index in [2.05, 4.69) is 32.2 Å². The highest BCUT2D eigenvalue weighted by atomic mass is 79.9. The Hall–Kier alpha value is -1.76. The highest BCUT2D eigenvalue weighted by Crippen LogP contribution is 2.37. The second-order valence-corrected chi connectivity index (χ2v) is 9.19. The fourth-order valence-electron chi connectivity index (χ4n) is 4.67. The summed E-state index contributed by atoms with van der Waals surface area (Å²) in [5, 5.41) is 4.00. The lowest BCUT2D eigenvalue weighted by Gasteiger charge is -2.39. The van der Waals surface area contributed by atoms with Crippen LogP contribution in [0.3, 0.4) is 0 Å². The Morgan fingerprint density at radius 1 is 1.28 bits per heavy atom. The van der Waals surface area contributed by atoms with Crippen molar-refractivity contribution in [3.05, 3.63) is 57.0 Å². The van der Waals surface area contributed by atoms with Crippen molar-refractivity contribution in [2.24, 2.45) is 0 Å². The summed E-state index contributed by atoms with van der Waals surface area (Å²) in [6.45, 7) is 0.912. The summed E-state index contributed by atoms with van der Waals surface area (Å²) < 4.78 is 6.05. The van der Waals surface area contributed by atoms with E-state index in [-0.39, 0.29) is 11.9 Å². The third-order valence-corrected chi connectivity index (χ3v) is 6.96. The fourth-order valence-corrected chi connectivity index (χ4v) is 5.23. The van der Waals surface area contributed by atoms with Crippen molar-refractivity contribution in [2.75, 3.05) is 12.8 Å². The average molecular weight is 479 g/mol. The van der Waals surface area contributed by atoms with Crippen LogP contribution >= 0.6 is 27.5 Å². The second-order valence-electron chi connectivity index (χ2n) is 7.90. The molecule has 29 heavy (non-hydrogen) atoms. The number of rotatable bonds is 5. The molecule has 2 aliphatic heterocycles. The van der Waals surface area contributed by atoms with Crippen LogP contribution in [0.15, 0.2) is 40.9 Å². The number of hydrogen-bond acceptors (Lipinski definition) is 4. The summed E-state index contributed by atoms with van der Waals surface area (Å²) in [4.78, 5) is 15.5. The van der Waals surface area contributed by atoms with Crippen LogP contribution in [-0.2, 0) is 6.54 Å². The molecule has 7 heteroatoms. The molecule has 2 bridgehead atoms. The molecule has 2 heterocycles.